The quantitative estimate of drug-likeness (QED) is 0.674. The van der Waals surface area contributed by atoms with Crippen LogP contribution in [0.5, 0.6) is 0 Å². The summed E-state index contributed by atoms with van der Waals surface area (Å²) in [6, 6.07) is 6.01. The van der Waals surface area contributed by atoms with Gasteiger partial charge in [0.2, 0.25) is 0 Å². The SMILES string of the molecule is NCC1CCN(C(=O)c2cnn(-c3ccc([N+](=O)[O-])cc3)c2)C1. The minimum absolute atomic E-state index is 0.0158. The van der Waals surface area contributed by atoms with Gasteiger partial charge in [0.1, 0.15) is 0 Å². The molecule has 1 fully saturated rings. The number of nitrogens with zero attached hydrogens (tertiary/aromatic N) is 4. The number of likely N-dealkylation sites (tertiary alicyclic amines) is 1. The van der Waals surface area contributed by atoms with E-state index in [4.69, 9.17) is 5.73 Å². The lowest BCUT2D eigenvalue weighted by Crippen LogP contribution is -2.29. The Bertz CT molecular complexity index is 725. The number of rotatable bonds is 4. The molecule has 1 amide bonds. The van der Waals surface area contributed by atoms with Gasteiger partial charge in [-0.25, -0.2) is 4.68 Å². The van der Waals surface area contributed by atoms with Crippen LogP contribution in [0.1, 0.15) is 16.8 Å². The number of carbonyl (C=O) groups is 1. The van der Waals surface area contributed by atoms with Crippen LogP contribution in [0.4, 0.5) is 5.69 Å². The van der Waals surface area contributed by atoms with E-state index in [0.717, 1.165) is 6.42 Å². The number of nitrogens with two attached hydrogens (primary N) is 1. The zero-order valence-electron chi connectivity index (χ0n) is 12.5. The number of non-ortho nitro benzene ring substituents is 1. The van der Waals surface area contributed by atoms with Gasteiger partial charge in [-0.15, -0.1) is 0 Å². The van der Waals surface area contributed by atoms with Crippen molar-refractivity contribution in [2.45, 2.75) is 6.42 Å². The number of hydrogen-bond acceptors (Lipinski definition) is 5. The standard InChI is InChI=1S/C15H17N5O3/c16-7-11-5-6-18(9-11)15(21)12-8-17-19(10-12)13-1-3-14(4-2-13)20(22)23/h1-4,8,10-11H,5-7,9,16H2. The highest BCUT2D eigenvalue weighted by molar-refractivity contribution is 5.94. The number of aromatic nitrogens is 2. The second-order valence-electron chi connectivity index (χ2n) is 5.59. The van der Waals surface area contributed by atoms with Crippen molar-refractivity contribution in [3.05, 3.63) is 52.3 Å². The van der Waals surface area contributed by atoms with Gasteiger partial charge in [0, 0.05) is 31.4 Å². The Morgan fingerprint density at radius 2 is 2.13 bits per heavy atom. The molecular formula is C15H17N5O3. The summed E-state index contributed by atoms with van der Waals surface area (Å²) in [4.78, 5) is 24.4. The molecule has 1 aromatic carbocycles. The van der Waals surface area contributed by atoms with Gasteiger partial charge in [-0.2, -0.15) is 5.10 Å². The molecule has 8 heteroatoms. The van der Waals surface area contributed by atoms with Crippen molar-refractivity contribution < 1.29 is 9.72 Å². The van der Waals surface area contributed by atoms with Crippen molar-refractivity contribution in [3.63, 3.8) is 0 Å². The van der Waals surface area contributed by atoms with Gasteiger partial charge in [0.15, 0.2) is 0 Å². The first-order valence-electron chi connectivity index (χ1n) is 7.37. The molecule has 0 radical (unpaired) electrons. The second-order valence-corrected chi connectivity index (χ2v) is 5.59. The van der Waals surface area contributed by atoms with Crippen LogP contribution in [-0.4, -0.2) is 45.1 Å². The Morgan fingerprint density at radius 1 is 1.39 bits per heavy atom. The smallest absolute Gasteiger partial charge is 0.269 e. The highest BCUT2D eigenvalue weighted by Gasteiger charge is 2.26. The maximum Gasteiger partial charge on any atom is 0.269 e. The summed E-state index contributed by atoms with van der Waals surface area (Å²) in [7, 11) is 0. The molecule has 2 heterocycles. The summed E-state index contributed by atoms with van der Waals surface area (Å²) >= 11 is 0. The number of carbonyl (C=O) groups excluding carboxylic acids is 1. The number of amides is 1. The third kappa shape index (κ3) is 3.07. The lowest BCUT2D eigenvalue weighted by atomic mass is 10.1. The van der Waals surface area contributed by atoms with E-state index < -0.39 is 4.92 Å². The second kappa shape index (κ2) is 6.17. The molecule has 1 aliphatic heterocycles. The molecule has 3 rings (SSSR count). The summed E-state index contributed by atoms with van der Waals surface area (Å²) in [5, 5.41) is 14.8. The lowest BCUT2D eigenvalue weighted by Gasteiger charge is -2.14. The molecule has 8 nitrogen and oxygen atoms in total. The molecule has 1 atom stereocenters. The number of nitro benzene ring substituents is 1. The zero-order chi connectivity index (χ0) is 16.4. The molecule has 120 valence electrons. The molecule has 0 aliphatic carbocycles. The minimum Gasteiger partial charge on any atom is -0.338 e. The normalized spacial score (nSPS) is 17.4. The van der Waals surface area contributed by atoms with Crippen LogP contribution in [0.15, 0.2) is 36.7 Å². The van der Waals surface area contributed by atoms with Crippen LogP contribution >= 0.6 is 0 Å². The molecule has 1 aromatic heterocycles. The van der Waals surface area contributed by atoms with E-state index in [2.05, 4.69) is 5.10 Å². The van der Waals surface area contributed by atoms with Gasteiger partial charge < -0.3 is 10.6 Å². The van der Waals surface area contributed by atoms with E-state index in [1.54, 1.807) is 23.2 Å². The van der Waals surface area contributed by atoms with Crippen molar-refractivity contribution in [1.82, 2.24) is 14.7 Å². The van der Waals surface area contributed by atoms with E-state index in [1.807, 2.05) is 0 Å². The van der Waals surface area contributed by atoms with Crippen LogP contribution in [0.2, 0.25) is 0 Å². The van der Waals surface area contributed by atoms with Crippen molar-refractivity contribution >= 4 is 11.6 Å². The molecule has 0 bridgehead atoms. The minimum atomic E-state index is -0.455. The van der Waals surface area contributed by atoms with Crippen LogP contribution in [-0.2, 0) is 0 Å². The van der Waals surface area contributed by atoms with Gasteiger partial charge in [-0.1, -0.05) is 0 Å². The van der Waals surface area contributed by atoms with Crippen molar-refractivity contribution in [1.29, 1.82) is 0 Å². The third-order valence-electron chi connectivity index (χ3n) is 4.06. The summed E-state index contributed by atoms with van der Waals surface area (Å²) in [5.74, 6) is 0.303. The Morgan fingerprint density at radius 3 is 2.74 bits per heavy atom. The molecule has 1 unspecified atom stereocenters. The van der Waals surface area contributed by atoms with E-state index >= 15 is 0 Å². The fraction of sp³-hybridized carbons (Fsp3) is 0.333. The summed E-state index contributed by atoms with van der Waals surface area (Å²) < 4.78 is 1.54. The molecule has 2 N–H and O–H groups in total. The van der Waals surface area contributed by atoms with Crippen LogP contribution in [0.25, 0.3) is 5.69 Å². The Labute approximate surface area is 132 Å². The molecule has 1 saturated heterocycles. The monoisotopic (exact) mass is 315 g/mol. The van der Waals surface area contributed by atoms with E-state index in [1.165, 1.54) is 23.0 Å². The average molecular weight is 315 g/mol. The zero-order valence-corrected chi connectivity index (χ0v) is 12.5. The predicted molar refractivity (Wildman–Crippen MR) is 83.3 cm³/mol. The molecular weight excluding hydrogens is 298 g/mol. The van der Waals surface area contributed by atoms with Gasteiger partial charge in [-0.05, 0) is 31.0 Å². The Balaban J connectivity index is 1.75. The summed E-state index contributed by atoms with van der Waals surface area (Å²) in [5.41, 5.74) is 6.83. The van der Waals surface area contributed by atoms with E-state index in [0.29, 0.717) is 36.8 Å². The van der Waals surface area contributed by atoms with E-state index in [-0.39, 0.29) is 11.6 Å². The molecule has 1 aliphatic rings. The first-order chi connectivity index (χ1) is 11.1. The van der Waals surface area contributed by atoms with Crippen LogP contribution in [0, 0.1) is 16.0 Å². The van der Waals surface area contributed by atoms with Crippen molar-refractivity contribution in [2.24, 2.45) is 11.7 Å². The predicted octanol–water partition coefficient (Wildman–Crippen LogP) is 1.20. The average Bonchev–Trinajstić information content (AvgIpc) is 3.23. The lowest BCUT2D eigenvalue weighted by molar-refractivity contribution is -0.384. The molecule has 0 saturated carbocycles. The molecule has 23 heavy (non-hydrogen) atoms. The summed E-state index contributed by atoms with van der Waals surface area (Å²) in [6.07, 6.45) is 4.08. The number of benzene rings is 1. The third-order valence-corrected chi connectivity index (χ3v) is 4.06. The summed E-state index contributed by atoms with van der Waals surface area (Å²) in [6.45, 7) is 1.98. The van der Waals surface area contributed by atoms with Crippen LogP contribution in [0.3, 0.4) is 0 Å². The van der Waals surface area contributed by atoms with E-state index in [9.17, 15) is 14.9 Å². The maximum absolute atomic E-state index is 12.4. The largest absolute Gasteiger partial charge is 0.338 e. The molecule has 0 spiro atoms. The van der Waals surface area contributed by atoms with Crippen LogP contribution < -0.4 is 5.73 Å². The van der Waals surface area contributed by atoms with Gasteiger partial charge >= 0.3 is 0 Å². The van der Waals surface area contributed by atoms with Crippen molar-refractivity contribution in [2.75, 3.05) is 19.6 Å². The highest BCUT2D eigenvalue weighted by Crippen LogP contribution is 2.19. The molecule has 2 aromatic rings. The van der Waals surface area contributed by atoms with Gasteiger partial charge in [0.05, 0.1) is 22.4 Å². The first-order valence-corrected chi connectivity index (χ1v) is 7.37. The topological polar surface area (TPSA) is 107 Å². The van der Waals surface area contributed by atoms with Crippen molar-refractivity contribution in [3.8, 4) is 5.69 Å². The van der Waals surface area contributed by atoms with Gasteiger partial charge in [0.25, 0.3) is 11.6 Å². The van der Waals surface area contributed by atoms with Gasteiger partial charge in [-0.3, -0.25) is 14.9 Å². The Hall–Kier alpha value is -2.74. The Kier molecular flexibility index (Phi) is 4.07. The maximum atomic E-state index is 12.4. The highest BCUT2D eigenvalue weighted by atomic mass is 16.6. The first kappa shape index (κ1) is 15.2. The fourth-order valence-corrected chi connectivity index (χ4v) is 2.69. The number of nitro groups is 1. The fourth-order valence-electron chi connectivity index (χ4n) is 2.69. The number of hydrogen-bond donors (Lipinski definition) is 1.